The summed E-state index contributed by atoms with van der Waals surface area (Å²) in [6.45, 7) is 5.74. The quantitative estimate of drug-likeness (QED) is 0.221. The number of hydrogen-bond donors (Lipinski definition) is 1. The Morgan fingerprint density at radius 1 is 1.19 bits per heavy atom. The van der Waals surface area contributed by atoms with Gasteiger partial charge in [0.2, 0.25) is 0 Å². The highest BCUT2D eigenvalue weighted by Gasteiger charge is 2.39. The molecule has 0 spiro atoms. The molecule has 0 amide bonds. The molecule has 2 aromatic carbocycles. The molecule has 0 bridgehead atoms. The monoisotopic (exact) mass is 477 g/mol. The number of benzene rings is 2. The summed E-state index contributed by atoms with van der Waals surface area (Å²) in [6.07, 6.45) is 7.54. The van der Waals surface area contributed by atoms with Crippen LogP contribution in [-0.2, 0) is 0 Å². The minimum atomic E-state index is -0.324. The number of nitro groups is 1. The molecule has 3 rings (SSSR count). The highest BCUT2D eigenvalue weighted by Crippen LogP contribution is 2.53. The number of rotatable bonds is 6. The van der Waals surface area contributed by atoms with Crippen LogP contribution in [0.4, 0.5) is 5.69 Å². The van der Waals surface area contributed by atoms with Crippen LogP contribution in [-0.4, -0.2) is 10.0 Å². The second kappa shape index (κ2) is 8.00. The van der Waals surface area contributed by atoms with Crippen LogP contribution in [0.5, 0.6) is 5.75 Å². The number of halogens is 1. The largest absolute Gasteiger partial charge is 0.507 e. The van der Waals surface area contributed by atoms with Crippen molar-refractivity contribution in [2.45, 2.75) is 46.0 Å². The van der Waals surface area contributed by atoms with E-state index in [1.807, 2.05) is 30.4 Å². The van der Waals surface area contributed by atoms with Gasteiger partial charge in [0.25, 0.3) is 5.69 Å². The minimum absolute atomic E-state index is 0.185. The van der Waals surface area contributed by atoms with Crippen molar-refractivity contribution < 1.29 is 10.0 Å². The Balaban J connectivity index is 1.88. The number of nitro benzene ring substituents is 1. The molecule has 0 aliphatic heterocycles. The Morgan fingerprint density at radius 2 is 1.78 bits per heavy atom. The van der Waals surface area contributed by atoms with Crippen molar-refractivity contribution in [3.05, 3.63) is 65.8 Å². The van der Waals surface area contributed by atoms with Gasteiger partial charge in [-0.1, -0.05) is 31.9 Å². The van der Waals surface area contributed by atoms with Gasteiger partial charge in [0.15, 0.2) is 0 Å². The van der Waals surface area contributed by atoms with Crippen LogP contribution in [0.2, 0.25) is 0 Å². The summed E-state index contributed by atoms with van der Waals surface area (Å²) in [4.78, 5) is 10.8. The number of nitrogens with zero attached hydrogens (tertiary/aromatic N) is 1. The Morgan fingerprint density at radius 3 is 2.33 bits per heavy atom. The van der Waals surface area contributed by atoms with Gasteiger partial charge in [-0.05, 0) is 95.7 Å². The maximum atomic E-state index is 11.1. The van der Waals surface area contributed by atoms with Crippen molar-refractivity contribution in [1.29, 1.82) is 0 Å². The standard InChI is InChI=1S/C22H24INO3/c1-4-5-17-12-18(17)19-10-16(11-20(23)22(19)25)7-6-15-8-13(2)21(24(26)27)14(3)9-15/h6-11,17-18,25H,4-5,12H2,1-3H3/b7-6+. The molecule has 1 aliphatic rings. The zero-order chi connectivity index (χ0) is 19.7. The topological polar surface area (TPSA) is 63.4 Å². The number of phenolic OH excluding ortho intramolecular Hbond substituents is 1. The molecule has 1 fully saturated rings. The van der Waals surface area contributed by atoms with Gasteiger partial charge < -0.3 is 5.11 Å². The summed E-state index contributed by atoms with van der Waals surface area (Å²) < 4.78 is 0.864. The van der Waals surface area contributed by atoms with Crippen molar-refractivity contribution in [3.8, 4) is 5.75 Å². The van der Waals surface area contributed by atoms with E-state index in [4.69, 9.17) is 0 Å². The highest BCUT2D eigenvalue weighted by atomic mass is 127. The van der Waals surface area contributed by atoms with Gasteiger partial charge in [-0.25, -0.2) is 0 Å². The molecule has 1 N–H and O–H groups in total. The molecule has 0 aromatic heterocycles. The maximum Gasteiger partial charge on any atom is 0.275 e. The summed E-state index contributed by atoms with van der Waals surface area (Å²) in [5.41, 5.74) is 4.56. The summed E-state index contributed by atoms with van der Waals surface area (Å²) in [5, 5.41) is 21.6. The zero-order valence-electron chi connectivity index (χ0n) is 15.8. The lowest BCUT2D eigenvalue weighted by molar-refractivity contribution is -0.386. The molecule has 1 saturated carbocycles. The van der Waals surface area contributed by atoms with Crippen LogP contribution in [0.1, 0.15) is 59.9 Å². The molecule has 142 valence electrons. The minimum Gasteiger partial charge on any atom is -0.507 e. The average molecular weight is 477 g/mol. The third kappa shape index (κ3) is 4.34. The van der Waals surface area contributed by atoms with Gasteiger partial charge in [-0.2, -0.15) is 0 Å². The first-order valence-corrected chi connectivity index (χ1v) is 10.4. The van der Waals surface area contributed by atoms with Gasteiger partial charge >= 0.3 is 0 Å². The third-order valence-electron chi connectivity index (χ3n) is 5.26. The van der Waals surface area contributed by atoms with E-state index in [0.29, 0.717) is 28.7 Å². The lowest BCUT2D eigenvalue weighted by atomic mass is 10.0. The second-order valence-corrected chi connectivity index (χ2v) is 8.59. The molecule has 27 heavy (non-hydrogen) atoms. The van der Waals surface area contributed by atoms with Crippen LogP contribution in [0, 0.1) is 33.4 Å². The fraction of sp³-hybridized carbons (Fsp3) is 0.364. The lowest BCUT2D eigenvalue weighted by Crippen LogP contribution is -1.95. The van der Waals surface area contributed by atoms with E-state index in [9.17, 15) is 15.2 Å². The summed E-state index contributed by atoms with van der Waals surface area (Å²) in [5.74, 6) is 1.57. The van der Waals surface area contributed by atoms with E-state index in [2.05, 4.69) is 35.6 Å². The molecule has 0 saturated heterocycles. The van der Waals surface area contributed by atoms with Gasteiger partial charge in [-0.15, -0.1) is 0 Å². The van der Waals surface area contributed by atoms with Gasteiger partial charge in [-0.3, -0.25) is 10.1 Å². The molecule has 1 aliphatic carbocycles. The van der Waals surface area contributed by atoms with E-state index < -0.39 is 0 Å². The van der Waals surface area contributed by atoms with Gasteiger partial charge in [0.05, 0.1) is 8.49 Å². The summed E-state index contributed by atoms with van der Waals surface area (Å²) in [7, 11) is 0. The molecule has 2 unspecified atom stereocenters. The van der Waals surface area contributed by atoms with Crippen molar-refractivity contribution in [1.82, 2.24) is 0 Å². The summed E-state index contributed by atoms with van der Waals surface area (Å²) in [6, 6.07) is 7.73. The van der Waals surface area contributed by atoms with Gasteiger partial charge in [0, 0.05) is 11.1 Å². The molecule has 2 aromatic rings. The Hall–Kier alpha value is -1.89. The Kier molecular flexibility index (Phi) is 5.89. The fourth-order valence-electron chi connectivity index (χ4n) is 3.91. The van der Waals surface area contributed by atoms with E-state index >= 15 is 0 Å². The maximum absolute atomic E-state index is 11.1. The average Bonchev–Trinajstić information content (AvgIpc) is 3.34. The number of aromatic hydroxyl groups is 1. The van der Waals surface area contributed by atoms with Crippen LogP contribution < -0.4 is 0 Å². The Labute approximate surface area is 173 Å². The van der Waals surface area contributed by atoms with Crippen LogP contribution in [0.15, 0.2) is 24.3 Å². The van der Waals surface area contributed by atoms with Crippen LogP contribution >= 0.6 is 22.6 Å². The molecule has 0 heterocycles. The van der Waals surface area contributed by atoms with E-state index in [0.717, 1.165) is 26.7 Å². The van der Waals surface area contributed by atoms with Crippen LogP contribution in [0.3, 0.4) is 0 Å². The first kappa shape index (κ1) is 19.9. The van der Waals surface area contributed by atoms with Crippen LogP contribution in [0.25, 0.3) is 12.2 Å². The SMILES string of the molecule is CCCC1CC1c1cc(/C=C/c2cc(C)c([N+](=O)[O-])c(C)c2)cc(I)c1O. The van der Waals surface area contributed by atoms with E-state index in [1.54, 1.807) is 13.8 Å². The third-order valence-corrected chi connectivity index (χ3v) is 6.08. The fourth-order valence-corrected chi connectivity index (χ4v) is 4.58. The predicted octanol–water partition coefficient (Wildman–Crippen LogP) is 6.60. The normalized spacial score (nSPS) is 18.8. The zero-order valence-corrected chi connectivity index (χ0v) is 18.0. The van der Waals surface area contributed by atoms with Crippen molar-refractivity contribution in [2.75, 3.05) is 0 Å². The van der Waals surface area contributed by atoms with Crippen molar-refractivity contribution in [3.63, 3.8) is 0 Å². The molecule has 2 atom stereocenters. The van der Waals surface area contributed by atoms with Crippen molar-refractivity contribution in [2.24, 2.45) is 5.92 Å². The number of phenols is 1. The molecular weight excluding hydrogens is 453 g/mol. The van der Waals surface area contributed by atoms with E-state index in [1.165, 1.54) is 12.8 Å². The Bertz CT molecular complexity index is 897. The lowest BCUT2D eigenvalue weighted by Gasteiger charge is -2.08. The first-order valence-electron chi connectivity index (χ1n) is 9.28. The van der Waals surface area contributed by atoms with E-state index in [-0.39, 0.29) is 10.6 Å². The van der Waals surface area contributed by atoms with Gasteiger partial charge in [0.1, 0.15) is 5.75 Å². The first-order chi connectivity index (χ1) is 12.8. The molecule has 4 nitrogen and oxygen atoms in total. The highest BCUT2D eigenvalue weighted by molar-refractivity contribution is 14.1. The predicted molar refractivity (Wildman–Crippen MR) is 118 cm³/mol. The molecule has 5 heteroatoms. The smallest absolute Gasteiger partial charge is 0.275 e. The number of aryl methyl sites for hydroxylation is 2. The molecule has 0 radical (unpaired) electrons. The second-order valence-electron chi connectivity index (χ2n) is 7.43. The number of hydrogen-bond acceptors (Lipinski definition) is 3. The van der Waals surface area contributed by atoms with Crippen molar-refractivity contribution >= 4 is 40.4 Å². The summed E-state index contributed by atoms with van der Waals surface area (Å²) >= 11 is 2.18. The molecular formula is C22H24INO3.